The van der Waals surface area contributed by atoms with E-state index in [1.807, 2.05) is 0 Å². The molecule has 0 saturated carbocycles. The standard InChI is InChI=1S/C14H13F3O4/c1-3-20-12(18)10-8-9-6-4-5-7-11(9)21-13(10,19-2)14(15,16)17/h4-8H,3H2,1-2H3/t13-/m0/s1. The van der Waals surface area contributed by atoms with Crippen LogP contribution >= 0.6 is 0 Å². The van der Waals surface area contributed by atoms with Gasteiger partial charge in [0.15, 0.2) is 0 Å². The van der Waals surface area contributed by atoms with E-state index >= 15 is 0 Å². The molecule has 0 saturated heterocycles. The number of hydrogen-bond donors (Lipinski definition) is 0. The van der Waals surface area contributed by atoms with Crippen molar-refractivity contribution in [3.8, 4) is 5.75 Å². The van der Waals surface area contributed by atoms with E-state index in [-0.39, 0.29) is 12.4 Å². The number of rotatable bonds is 3. The van der Waals surface area contributed by atoms with Gasteiger partial charge in [-0.15, -0.1) is 0 Å². The molecule has 4 nitrogen and oxygen atoms in total. The molecular weight excluding hydrogens is 289 g/mol. The molecular formula is C14H13F3O4. The fraction of sp³-hybridized carbons (Fsp3) is 0.357. The minimum Gasteiger partial charge on any atom is -0.462 e. The normalized spacial score (nSPS) is 21.1. The minimum absolute atomic E-state index is 0.0234. The molecule has 1 atom stereocenters. The third-order valence-electron chi connectivity index (χ3n) is 2.98. The van der Waals surface area contributed by atoms with Gasteiger partial charge in [-0.1, -0.05) is 18.2 Å². The monoisotopic (exact) mass is 302 g/mol. The zero-order valence-corrected chi connectivity index (χ0v) is 11.4. The highest BCUT2D eigenvalue weighted by Gasteiger charge is 2.64. The van der Waals surface area contributed by atoms with Crippen LogP contribution in [0.3, 0.4) is 0 Å². The molecule has 1 aliphatic heterocycles. The van der Waals surface area contributed by atoms with E-state index < -0.39 is 23.5 Å². The van der Waals surface area contributed by atoms with E-state index in [1.165, 1.54) is 25.1 Å². The number of carbonyl (C=O) groups excluding carboxylic acids is 1. The molecule has 21 heavy (non-hydrogen) atoms. The van der Waals surface area contributed by atoms with Gasteiger partial charge in [-0.25, -0.2) is 4.79 Å². The fourth-order valence-corrected chi connectivity index (χ4v) is 2.03. The number of ether oxygens (including phenoxy) is 3. The summed E-state index contributed by atoms with van der Waals surface area (Å²) in [4.78, 5) is 11.9. The summed E-state index contributed by atoms with van der Waals surface area (Å²) >= 11 is 0. The maximum atomic E-state index is 13.4. The Balaban J connectivity index is 2.62. The summed E-state index contributed by atoms with van der Waals surface area (Å²) in [6.07, 6.45) is -3.87. The van der Waals surface area contributed by atoms with E-state index in [4.69, 9.17) is 4.74 Å². The van der Waals surface area contributed by atoms with Crippen LogP contribution in [0.4, 0.5) is 13.2 Å². The molecule has 114 valence electrons. The maximum absolute atomic E-state index is 13.4. The maximum Gasteiger partial charge on any atom is 0.460 e. The first-order valence-electron chi connectivity index (χ1n) is 6.15. The highest BCUT2D eigenvalue weighted by molar-refractivity contribution is 5.97. The first kappa shape index (κ1) is 15.4. The molecule has 1 heterocycles. The first-order chi connectivity index (χ1) is 9.85. The van der Waals surface area contributed by atoms with Gasteiger partial charge in [0.25, 0.3) is 0 Å². The average Bonchev–Trinajstić information content (AvgIpc) is 2.44. The second-order valence-corrected chi connectivity index (χ2v) is 4.24. The van der Waals surface area contributed by atoms with Crippen molar-refractivity contribution in [2.24, 2.45) is 0 Å². The molecule has 0 fully saturated rings. The number of halogens is 3. The number of carbonyl (C=O) groups is 1. The summed E-state index contributed by atoms with van der Waals surface area (Å²) in [5.74, 6) is -4.33. The van der Waals surface area contributed by atoms with Crippen molar-refractivity contribution in [2.75, 3.05) is 13.7 Å². The summed E-state index contributed by atoms with van der Waals surface area (Å²) in [6.45, 7) is 1.44. The zero-order valence-electron chi connectivity index (χ0n) is 11.4. The van der Waals surface area contributed by atoms with E-state index in [9.17, 15) is 18.0 Å². The molecule has 0 bridgehead atoms. The van der Waals surface area contributed by atoms with Crippen LogP contribution in [0.5, 0.6) is 5.75 Å². The summed E-state index contributed by atoms with van der Waals surface area (Å²) in [7, 11) is 0.828. The summed E-state index contributed by atoms with van der Waals surface area (Å²) in [6, 6.07) is 6.05. The molecule has 1 aromatic carbocycles. The zero-order chi connectivity index (χ0) is 15.7. The number of methoxy groups -OCH3 is 1. The van der Waals surface area contributed by atoms with Crippen LogP contribution in [0.15, 0.2) is 29.8 Å². The minimum atomic E-state index is -4.95. The third-order valence-corrected chi connectivity index (χ3v) is 2.98. The van der Waals surface area contributed by atoms with Gasteiger partial charge in [0.2, 0.25) is 0 Å². The Morgan fingerprint density at radius 2 is 2.00 bits per heavy atom. The number of benzene rings is 1. The smallest absolute Gasteiger partial charge is 0.460 e. The SMILES string of the molecule is CCOC(=O)C1=Cc2ccccc2O[C@]1(OC)C(F)(F)F. The van der Waals surface area contributed by atoms with Gasteiger partial charge >= 0.3 is 17.9 Å². The Labute approximate surface area is 119 Å². The lowest BCUT2D eigenvalue weighted by Crippen LogP contribution is -2.56. The van der Waals surface area contributed by atoms with Crippen LogP contribution in [0.1, 0.15) is 12.5 Å². The second kappa shape index (κ2) is 5.40. The molecule has 0 spiro atoms. The summed E-state index contributed by atoms with van der Waals surface area (Å²) < 4.78 is 54.6. The molecule has 1 aromatic rings. The van der Waals surface area contributed by atoms with Crippen LogP contribution in [-0.2, 0) is 14.3 Å². The topological polar surface area (TPSA) is 44.8 Å². The third kappa shape index (κ3) is 2.49. The molecule has 0 aromatic heterocycles. The number of fused-ring (bicyclic) bond motifs is 1. The highest BCUT2D eigenvalue weighted by Crippen LogP contribution is 2.45. The first-order valence-corrected chi connectivity index (χ1v) is 6.15. The van der Waals surface area contributed by atoms with E-state index in [2.05, 4.69) is 9.47 Å². The Hall–Kier alpha value is -2.02. The predicted octanol–water partition coefficient (Wildman–Crippen LogP) is 2.93. The Bertz CT molecular complexity index is 580. The molecule has 0 unspecified atom stereocenters. The molecule has 2 rings (SSSR count). The molecule has 1 aliphatic rings. The van der Waals surface area contributed by atoms with Crippen molar-refractivity contribution >= 4 is 12.0 Å². The molecule has 0 radical (unpaired) electrons. The molecule has 0 aliphatic carbocycles. The van der Waals surface area contributed by atoms with E-state index in [0.717, 1.165) is 13.2 Å². The van der Waals surface area contributed by atoms with Gasteiger partial charge < -0.3 is 14.2 Å². The van der Waals surface area contributed by atoms with Gasteiger partial charge in [0, 0.05) is 12.7 Å². The number of esters is 1. The number of hydrogen-bond acceptors (Lipinski definition) is 4. The highest BCUT2D eigenvalue weighted by atomic mass is 19.4. The van der Waals surface area contributed by atoms with Crippen LogP contribution in [0.25, 0.3) is 6.08 Å². The van der Waals surface area contributed by atoms with Crippen LogP contribution in [-0.4, -0.2) is 31.6 Å². The van der Waals surface area contributed by atoms with Crippen molar-refractivity contribution in [3.05, 3.63) is 35.4 Å². The fourth-order valence-electron chi connectivity index (χ4n) is 2.03. The lowest BCUT2D eigenvalue weighted by atomic mass is 9.98. The number of alkyl halides is 3. The van der Waals surface area contributed by atoms with Crippen molar-refractivity contribution in [1.82, 2.24) is 0 Å². The summed E-state index contributed by atoms with van der Waals surface area (Å²) in [5, 5.41) is 0. The van der Waals surface area contributed by atoms with Gasteiger partial charge in [-0.2, -0.15) is 13.2 Å². The van der Waals surface area contributed by atoms with Gasteiger partial charge in [-0.05, 0) is 19.1 Å². The van der Waals surface area contributed by atoms with Crippen molar-refractivity contribution < 1.29 is 32.2 Å². The average molecular weight is 302 g/mol. The lowest BCUT2D eigenvalue weighted by molar-refractivity contribution is -0.326. The van der Waals surface area contributed by atoms with Crippen LogP contribution in [0, 0.1) is 0 Å². The second-order valence-electron chi connectivity index (χ2n) is 4.24. The van der Waals surface area contributed by atoms with Gasteiger partial charge in [0.05, 0.1) is 6.61 Å². The molecule has 7 heteroatoms. The van der Waals surface area contributed by atoms with Crippen LogP contribution in [0.2, 0.25) is 0 Å². The summed E-state index contributed by atoms with van der Waals surface area (Å²) in [5.41, 5.74) is -0.393. The van der Waals surface area contributed by atoms with E-state index in [0.29, 0.717) is 5.56 Å². The van der Waals surface area contributed by atoms with E-state index in [1.54, 1.807) is 6.07 Å². The lowest BCUT2D eigenvalue weighted by Gasteiger charge is -2.37. The molecule has 0 amide bonds. The Kier molecular flexibility index (Phi) is 3.95. The van der Waals surface area contributed by atoms with Gasteiger partial charge in [0.1, 0.15) is 11.3 Å². The van der Waals surface area contributed by atoms with Crippen molar-refractivity contribution in [1.29, 1.82) is 0 Å². The quantitative estimate of drug-likeness (QED) is 0.805. The number of para-hydroxylation sites is 1. The van der Waals surface area contributed by atoms with Gasteiger partial charge in [-0.3, -0.25) is 0 Å². The van der Waals surface area contributed by atoms with Crippen molar-refractivity contribution in [3.63, 3.8) is 0 Å². The van der Waals surface area contributed by atoms with Crippen LogP contribution < -0.4 is 4.74 Å². The molecule has 0 N–H and O–H groups in total. The Morgan fingerprint density at radius 3 is 2.57 bits per heavy atom. The Morgan fingerprint density at radius 1 is 1.33 bits per heavy atom. The predicted molar refractivity (Wildman–Crippen MR) is 67.5 cm³/mol. The van der Waals surface area contributed by atoms with Crippen molar-refractivity contribution in [2.45, 2.75) is 18.9 Å². The largest absolute Gasteiger partial charge is 0.462 e.